The molecule has 2 fully saturated rings. The van der Waals surface area contributed by atoms with Crippen LogP contribution in [-0.4, -0.2) is 47.7 Å². The summed E-state index contributed by atoms with van der Waals surface area (Å²) in [6, 6.07) is 0.753. The minimum absolute atomic E-state index is 0.168. The SMILES string of the molecule is O=C(CCN1CCC[C@@H]1CO)NC1CC1. The molecule has 0 aromatic carbocycles. The fourth-order valence-electron chi connectivity index (χ4n) is 2.17. The van der Waals surface area contributed by atoms with Crippen molar-refractivity contribution in [3.8, 4) is 0 Å². The van der Waals surface area contributed by atoms with Gasteiger partial charge in [0.15, 0.2) is 0 Å². The molecular weight excluding hydrogens is 192 g/mol. The average molecular weight is 212 g/mol. The second-order valence-corrected chi connectivity index (χ2v) is 4.61. The van der Waals surface area contributed by atoms with E-state index in [0.29, 0.717) is 18.5 Å². The van der Waals surface area contributed by atoms with Crippen molar-refractivity contribution in [2.24, 2.45) is 0 Å². The standard InChI is InChI=1S/C11H20N2O2/c14-8-10-2-1-6-13(10)7-5-11(15)12-9-3-4-9/h9-10,14H,1-8H2,(H,12,15)/t10-/m1/s1. The Labute approximate surface area is 90.6 Å². The number of aliphatic hydroxyl groups is 1. The summed E-state index contributed by atoms with van der Waals surface area (Å²) in [5.74, 6) is 0.168. The quantitative estimate of drug-likeness (QED) is 0.680. The van der Waals surface area contributed by atoms with Gasteiger partial charge >= 0.3 is 0 Å². The summed E-state index contributed by atoms with van der Waals surface area (Å²) in [5.41, 5.74) is 0. The highest BCUT2D eigenvalue weighted by Crippen LogP contribution is 2.19. The number of nitrogens with one attached hydrogen (secondary N) is 1. The van der Waals surface area contributed by atoms with Crippen LogP contribution in [0.15, 0.2) is 0 Å². The summed E-state index contributed by atoms with van der Waals surface area (Å²) in [7, 11) is 0. The molecule has 0 unspecified atom stereocenters. The lowest BCUT2D eigenvalue weighted by Crippen LogP contribution is -2.36. The predicted molar refractivity (Wildman–Crippen MR) is 57.5 cm³/mol. The molecule has 1 amide bonds. The van der Waals surface area contributed by atoms with Gasteiger partial charge < -0.3 is 10.4 Å². The molecule has 0 spiro atoms. The van der Waals surface area contributed by atoms with Gasteiger partial charge in [0, 0.05) is 25.0 Å². The number of likely N-dealkylation sites (tertiary alicyclic amines) is 1. The van der Waals surface area contributed by atoms with Gasteiger partial charge in [0.1, 0.15) is 0 Å². The van der Waals surface area contributed by atoms with Gasteiger partial charge in [0.25, 0.3) is 0 Å². The molecule has 0 aromatic rings. The topological polar surface area (TPSA) is 52.6 Å². The van der Waals surface area contributed by atoms with Crippen LogP contribution in [0.2, 0.25) is 0 Å². The first-order valence-electron chi connectivity index (χ1n) is 5.94. The van der Waals surface area contributed by atoms with Crippen molar-refractivity contribution < 1.29 is 9.90 Å². The van der Waals surface area contributed by atoms with Crippen LogP contribution in [-0.2, 0) is 4.79 Å². The Balaban J connectivity index is 1.65. The monoisotopic (exact) mass is 212 g/mol. The molecule has 1 aliphatic carbocycles. The first kappa shape index (κ1) is 10.9. The van der Waals surface area contributed by atoms with Crippen LogP contribution in [0.25, 0.3) is 0 Å². The molecular formula is C11H20N2O2. The van der Waals surface area contributed by atoms with Crippen LogP contribution >= 0.6 is 0 Å². The highest BCUT2D eigenvalue weighted by atomic mass is 16.3. The Morgan fingerprint density at radius 1 is 1.40 bits per heavy atom. The average Bonchev–Trinajstić information content (AvgIpc) is 2.92. The molecule has 2 rings (SSSR count). The van der Waals surface area contributed by atoms with E-state index in [1.54, 1.807) is 0 Å². The van der Waals surface area contributed by atoms with Crippen LogP contribution in [0.4, 0.5) is 0 Å². The molecule has 1 aliphatic heterocycles. The van der Waals surface area contributed by atoms with Gasteiger partial charge in [-0.3, -0.25) is 9.69 Å². The van der Waals surface area contributed by atoms with Crippen molar-refractivity contribution in [2.75, 3.05) is 19.7 Å². The summed E-state index contributed by atoms with van der Waals surface area (Å²) < 4.78 is 0. The van der Waals surface area contributed by atoms with E-state index in [2.05, 4.69) is 10.2 Å². The molecule has 1 heterocycles. The molecule has 4 nitrogen and oxygen atoms in total. The number of amides is 1. The third-order valence-electron chi connectivity index (χ3n) is 3.28. The Kier molecular flexibility index (Phi) is 3.59. The first-order valence-corrected chi connectivity index (χ1v) is 5.94. The molecule has 1 saturated heterocycles. The van der Waals surface area contributed by atoms with Crippen LogP contribution in [0, 0.1) is 0 Å². The van der Waals surface area contributed by atoms with E-state index in [1.807, 2.05) is 0 Å². The van der Waals surface area contributed by atoms with Gasteiger partial charge in [0.2, 0.25) is 5.91 Å². The minimum atomic E-state index is 0.168. The van der Waals surface area contributed by atoms with Gasteiger partial charge in [-0.05, 0) is 32.2 Å². The summed E-state index contributed by atoms with van der Waals surface area (Å²) in [5, 5.41) is 12.1. The Morgan fingerprint density at radius 2 is 2.20 bits per heavy atom. The van der Waals surface area contributed by atoms with Crippen LogP contribution in [0.3, 0.4) is 0 Å². The normalized spacial score (nSPS) is 26.9. The van der Waals surface area contributed by atoms with Gasteiger partial charge in [-0.2, -0.15) is 0 Å². The number of rotatable bonds is 5. The number of hydrogen-bond acceptors (Lipinski definition) is 3. The molecule has 0 radical (unpaired) electrons. The largest absolute Gasteiger partial charge is 0.395 e. The number of nitrogens with zero attached hydrogens (tertiary/aromatic N) is 1. The lowest BCUT2D eigenvalue weighted by atomic mass is 10.2. The van der Waals surface area contributed by atoms with Crippen LogP contribution in [0.1, 0.15) is 32.1 Å². The second-order valence-electron chi connectivity index (χ2n) is 4.61. The fourth-order valence-corrected chi connectivity index (χ4v) is 2.17. The van der Waals surface area contributed by atoms with Gasteiger partial charge in [-0.15, -0.1) is 0 Å². The highest BCUT2D eigenvalue weighted by molar-refractivity contribution is 5.76. The zero-order valence-electron chi connectivity index (χ0n) is 9.11. The van der Waals surface area contributed by atoms with Crippen molar-refractivity contribution >= 4 is 5.91 Å². The number of hydrogen-bond donors (Lipinski definition) is 2. The summed E-state index contributed by atoms with van der Waals surface area (Å²) in [6.07, 6.45) is 5.09. The number of carbonyl (C=O) groups is 1. The van der Waals surface area contributed by atoms with Crippen LogP contribution < -0.4 is 5.32 Å². The summed E-state index contributed by atoms with van der Waals surface area (Å²) >= 11 is 0. The molecule has 1 saturated carbocycles. The van der Waals surface area contributed by atoms with Crippen molar-refractivity contribution in [1.82, 2.24) is 10.2 Å². The van der Waals surface area contributed by atoms with Crippen molar-refractivity contribution in [2.45, 2.75) is 44.2 Å². The van der Waals surface area contributed by atoms with Gasteiger partial charge in [-0.1, -0.05) is 0 Å². The molecule has 86 valence electrons. The third-order valence-corrected chi connectivity index (χ3v) is 3.28. The zero-order valence-corrected chi connectivity index (χ0v) is 9.11. The molecule has 4 heteroatoms. The fraction of sp³-hybridized carbons (Fsp3) is 0.909. The van der Waals surface area contributed by atoms with Crippen molar-refractivity contribution in [3.05, 3.63) is 0 Å². The van der Waals surface area contributed by atoms with Crippen molar-refractivity contribution in [1.29, 1.82) is 0 Å². The second kappa shape index (κ2) is 4.94. The maximum Gasteiger partial charge on any atom is 0.221 e. The Hall–Kier alpha value is -0.610. The van der Waals surface area contributed by atoms with E-state index in [-0.39, 0.29) is 12.5 Å². The van der Waals surface area contributed by atoms with Crippen LogP contribution in [0.5, 0.6) is 0 Å². The number of carbonyl (C=O) groups excluding carboxylic acids is 1. The number of aliphatic hydroxyl groups excluding tert-OH is 1. The first-order chi connectivity index (χ1) is 7.29. The third kappa shape index (κ3) is 3.18. The Bertz CT molecular complexity index is 229. The molecule has 2 N–H and O–H groups in total. The van der Waals surface area contributed by atoms with E-state index >= 15 is 0 Å². The molecule has 0 aromatic heterocycles. The lowest BCUT2D eigenvalue weighted by molar-refractivity contribution is -0.121. The maximum absolute atomic E-state index is 11.4. The maximum atomic E-state index is 11.4. The van der Waals surface area contributed by atoms with E-state index in [0.717, 1.165) is 38.8 Å². The van der Waals surface area contributed by atoms with Gasteiger partial charge in [-0.25, -0.2) is 0 Å². The molecule has 2 aliphatic rings. The summed E-state index contributed by atoms with van der Waals surface area (Å²) in [6.45, 7) is 2.05. The summed E-state index contributed by atoms with van der Waals surface area (Å²) in [4.78, 5) is 13.7. The zero-order chi connectivity index (χ0) is 10.7. The molecule has 0 bridgehead atoms. The molecule has 15 heavy (non-hydrogen) atoms. The lowest BCUT2D eigenvalue weighted by Gasteiger charge is -2.22. The highest BCUT2D eigenvalue weighted by Gasteiger charge is 2.26. The van der Waals surface area contributed by atoms with E-state index in [4.69, 9.17) is 5.11 Å². The van der Waals surface area contributed by atoms with E-state index in [9.17, 15) is 4.79 Å². The Morgan fingerprint density at radius 3 is 2.87 bits per heavy atom. The van der Waals surface area contributed by atoms with Crippen molar-refractivity contribution in [3.63, 3.8) is 0 Å². The minimum Gasteiger partial charge on any atom is -0.395 e. The van der Waals surface area contributed by atoms with E-state index in [1.165, 1.54) is 0 Å². The molecule has 1 atom stereocenters. The predicted octanol–water partition coefficient (Wildman–Crippen LogP) is 0.112. The van der Waals surface area contributed by atoms with Gasteiger partial charge in [0.05, 0.1) is 6.61 Å². The van der Waals surface area contributed by atoms with E-state index < -0.39 is 0 Å². The smallest absolute Gasteiger partial charge is 0.221 e.